The molecule has 10 nitrogen and oxygen atoms in total. The Balaban J connectivity index is 1.21. The van der Waals surface area contributed by atoms with Crippen molar-refractivity contribution in [2.45, 2.75) is 38.0 Å². The van der Waals surface area contributed by atoms with Crippen molar-refractivity contribution < 1.29 is 18.7 Å². The molecule has 0 bridgehead atoms. The molecule has 2 aliphatic rings. The number of aromatic nitrogens is 3. The molecule has 2 saturated heterocycles. The third kappa shape index (κ3) is 7.05. The summed E-state index contributed by atoms with van der Waals surface area (Å²) in [4.78, 5) is 33.1. The lowest BCUT2D eigenvalue weighted by Gasteiger charge is -2.40. The summed E-state index contributed by atoms with van der Waals surface area (Å²) in [5.74, 6) is -0.500. The number of esters is 1. The van der Waals surface area contributed by atoms with Gasteiger partial charge in [-0.05, 0) is 43.5 Å². The van der Waals surface area contributed by atoms with E-state index in [9.17, 15) is 10.1 Å². The summed E-state index contributed by atoms with van der Waals surface area (Å²) < 4.78 is 28.5. The molecule has 0 amide bonds. The molecule has 12 heteroatoms. The molecule has 0 N–H and O–H groups in total. The summed E-state index contributed by atoms with van der Waals surface area (Å²) in [5, 5.41) is 12.2. The molecule has 256 valence electrons. The SMILES string of the molecule is CN1CCC[C@H]1COc1nc(N2CCN(CC(=O)OCc3ccccc3)[C@@H](CC#N)C2)c2cnc(-c3cccc4cccc(Cl)c34)c(F)c2n1. The number of carbonyl (C=O) groups excluding carboxylic acids is 1. The second kappa shape index (κ2) is 14.9. The van der Waals surface area contributed by atoms with Crippen molar-refractivity contribution in [3.8, 4) is 23.3 Å². The van der Waals surface area contributed by atoms with Gasteiger partial charge in [0.2, 0.25) is 0 Å². The zero-order valence-electron chi connectivity index (χ0n) is 27.8. The Bertz CT molecular complexity index is 2060. The van der Waals surface area contributed by atoms with Gasteiger partial charge in [0.1, 0.15) is 30.2 Å². The number of halogens is 2. The van der Waals surface area contributed by atoms with Gasteiger partial charge in [-0.15, -0.1) is 0 Å². The van der Waals surface area contributed by atoms with Crippen molar-refractivity contribution >= 4 is 45.1 Å². The van der Waals surface area contributed by atoms with Crippen LogP contribution in [0.15, 0.2) is 72.9 Å². The van der Waals surface area contributed by atoms with Gasteiger partial charge in [0, 0.05) is 53.9 Å². The maximum absolute atomic E-state index is 16.8. The van der Waals surface area contributed by atoms with Crippen LogP contribution in [0.5, 0.6) is 6.01 Å². The number of likely N-dealkylation sites (tertiary alicyclic amines) is 1. The smallest absolute Gasteiger partial charge is 0.320 e. The largest absolute Gasteiger partial charge is 0.462 e. The first-order chi connectivity index (χ1) is 24.4. The Morgan fingerprint density at radius 3 is 2.64 bits per heavy atom. The van der Waals surface area contributed by atoms with Gasteiger partial charge in [-0.25, -0.2) is 4.39 Å². The highest BCUT2D eigenvalue weighted by Crippen LogP contribution is 2.37. The molecule has 7 rings (SSSR count). The highest BCUT2D eigenvalue weighted by atomic mass is 35.5. The Hall–Kier alpha value is -4.89. The lowest BCUT2D eigenvalue weighted by Crippen LogP contribution is -2.54. The molecule has 50 heavy (non-hydrogen) atoms. The summed E-state index contributed by atoms with van der Waals surface area (Å²) in [7, 11) is 2.06. The molecule has 0 radical (unpaired) electrons. The van der Waals surface area contributed by atoms with Gasteiger partial charge in [-0.3, -0.25) is 14.7 Å². The van der Waals surface area contributed by atoms with E-state index < -0.39 is 5.82 Å². The minimum absolute atomic E-state index is 0.0495. The molecule has 2 fully saturated rings. The predicted molar refractivity (Wildman–Crippen MR) is 190 cm³/mol. The van der Waals surface area contributed by atoms with Crippen LogP contribution in [0.1, 0.15) is 24.8 Å². The summed E-state index contributed by atoms with van der Waals surface area (Å²) in [6.45, 7) is 2.89. The molecule has 4 heterocycles. The van der Waals surface area contributed by atoms with Gasteiger partial charge in [-0.2, -0.15) is 15.2 Å². The zero-order valence-corrected chi connectivity index (χ0v) is 28.5. The number of hydrogen-bond acceptors (Lipinski definition) is 10. The van der Waals surface area contributed by atoms with Crippen molar-refractivity contribution in [1.82, 2.24) is 24.8 Å². The molecule has 0 saturated carbocycles. The number of nitriles is 1. The maximum Gasteiger partial charge on any atom is 0.320 e. The van der Waals surface area contributed by atoms with Gasteiger partial charge >= 0.3 is 12.0 Å². The average Bonchev–Trinajstić information content (AvgIpc) is 3.55. The summed E-state index contributed by atoms with van der Waals surface area (Å²) in [6.07, 6.45) is 3.85. The number of likely N-dealkylation sites (N-methyl/N-ethyl adjacent to an activating group) is 1. The Labute approximate surface area is 295 Å². The topological polar surface area (TPSA) is 108 Å². The second-order valence-corrected chi connectivity index (χ2v) is 13.2. The number of ether oxygens (including phenoxy) is 2. The van der Waals surface area contributed by atoms with Crippen molar-refractivity contribution in [2.24, 2.45) is 0 Å². The van der Waals surface area contributed by atoms with E-state index in [4.69, 9.17) is 26.1 Å². The van der Waals surface area contributed by atoms with E-state index >= 15 is 4.39 Å². The number of benzene rings is 3. The van der Waals surface area contributed by atoms with Crippen LogP contribution in [0.25, 0.3) is 32.9 Å². The minimum atomic E-state index is -0.602. The van der Waals surface area contributed by atoms with Gasteiger partial charge < -0.3 is 19.3 Å². The first-order valence-corrected chi connectivity index (χ1v) is 17.2. The van der Waals surface area contributed by atoms with Crippen LogP contribution in [0, 0.1) is 17.1 Å². The highest BCUT2D eigenvalue weighted by molar-refractivity contribution is 6.36. The third-order valence-corrected chi connectivity index (χ3v) is 9.95. The van der Waals surface area contributed by atoms with Gasteiger partial charge in [0.05, 0.1) is 24.4 Å². The van der Waals surface area contributed by atoms with E-state index in [1.807, 2.05) is 64.4 Å². The fraction of sp³-hybridized carbons (Fsp3) is 0.342. The molecule has 2 aromatic heterocycles. The van der Waals surface area contributed by atoms with E-state index in [0.717, 1.165) is 30.3 Å². The molecule has 0 spiro atoms. The molecule has 0 aliphatic carbocycles. The van der Waals surface area contributed by atoms with Gasteiger partial charge in [0.25, 0.3) is 0 Å². The first kappa shape index (κ1) is 33.6. The zero-order chi connectivity index (χ0) is 34.6. The summed E-state index contributed by atoms with van der Waals surface area (Å²) in [5.41, 5.74) is 1.68. The average molecular weight is 694 g/mol. The third-order valence-electron chi connectivity index (χ3n) is 9.63. The van der Waals surface area contributed by atoms with Crippen LogP contribution in [-0.4, -0.2) is 89.2 Å². The van der Waals surface area contributed by atoms with E-state index in [0.29, 0.717) is 53.4 Å². The molecule has 2 aliphatic heterocycles. The quantitative estimate of drug-likeness (QED) is 0.156. The number of carbonyl (C=O) groups is 1. The van der Waals surface area contributed by atoms with Crippen molar-refractivity contribution in [2.75, 3.05) is 51.3 Å². The number of hydrogen-bond donors (Lipinski definition) is 0. The normalized spacial score (nSPS) is 18.4. The van der Waals surface area contributed by atoms with E-state index in [1.165, 1.54) is 0 Å². The van der Waals surface area contributed by atoms with E-state index in [1.54, 1.807) is 18.3 Å². The molecule has 5 aromatic rings. The van der Waals surface area contributed by atoms with Crippen molar-refractivity contribution in [1.29, 1.82) is 5.26 Å². The number of piperazine rings is 1. The Morgan fingerprint density at radius 2 is 1.86 bits per heavy atom. The number of fused-ring (bicyclic) bond motifs is 2. The van der Waals surface area contributed by atoms with Crippen LogP contribution in [0.3, 0.4) is 0 Å². The monoisotopic (exact) mass is 693 g/mol. The molecule has 0 unspecified atom stereocenters. The van der Waals surface area contributed by atoms with Crippen LogP contribution in [0.4, 0.5) is 10.2 Å². The molecule has 2 atom stereocenters. The standard InChI is InChI=1S/C38H37ClFN7O3/c1-45-17-7-12-28(45)24-50-38-43-36-30(20-42-35(34(36)40)29-13-5-10-26-11-6-14-31(39)33(26)29)37(44-38)47-19-18-46(27(21-47)15-16-41)22-32(48)49-23-25-8-3-2-4-9-25/h2-6,8-11,13-14,20,27-28H,7,12,15,17-19,21-24H2,1H3/t27-,28-/m0/s1. The van der Waals surface area contributed by atoms with Crippen LogP contribution in [-0.2, 0) is 16.1 Å². The fourth-order valence-corrected chi connectivity index (χ4v) is 7.19. The van der Waals surface area contributed by atoms with Crippen LogP contribution >= 0.6 is 11.6 Å². The summed E-state index contributed by atoms with van der Waals surface area (Å²) in [6, 6.07) is 22.9. The molecular weight excluding hydrogens is 657 g/mol. The van der Waals surface area contributed by atoms with E-state index in [-0.39, 0.29) is 54.8 Å². The Kier molecular flexibility index (Phi) is 10.0. The lowest BCUT2D eigenvalue weighted by molar-refractivity contribution is -0.147. The van der Waals surface area contributed by atoms with Crippen LogP contribution in [0.2, 0.25) is 5.02 Å². The number of pyridine rings is 1. The van der Waals surface area contributed by atoms with Crippen molar-refractivity contribution in [3.63, 3.8) is 0 Å². The highest BCUT2D eigenvalue weighted by Gasteiger charge is 2.32. The number of nitrogens with zero attached hydrogens (tertiary/aromatic N) is 7. The molecular formula is C38H37ClFN7O3. The number of anilines is 1. The first-order valence-electron chi connectivity index (χ1n) is 16.8. The lowest BCUT2D eigenvalue weighted by atomic mass is 10.0. The van der Waals surface area contributed by atoms with Gasteiger partial charge in [0.15, 0.2) is 5.82 Å². The van der Waals surface area contributed by atoms with Crippen LogP contribution < -0.4 is 9.64 Å². The minimum Gasteiger partial charge on any atom is -0.462 e. The van der Waals surface area contributed by atoms with Crippen molar-refractivity contribution in [3.05, 3.63) is 89.3 Å². The molecule has 3 aromatic carbocycles. The maximum atomic E-state index is 16.8. The predicted octanol–water partition coefficient (Wildman–Crippen LogP) is 6.26. The fourth-order valence-electron chi connectivity index (χ4n) is 6.91. The Morgan fingerprint density at radius 1 is 1.04 bits per heavy atom. The van der Waals surface area contributed by atoms with Gasteiger partial charge in [-0.1, -0.05) is 72.3 Å². The number of rotatable bonds is 10. The van der Waals surface area contributed by atoms with E-state index in [2.05, 4.69) is 28.0 Å². The second-order valence-electron chi connectivity index (χ2n) is 12.8. The summed E-state index contributed by atoms with van der Waals surface area (Å²) >= 11 is 6.62.